The van der Waals surface area contributed by atoms with Gasteiger partial charge in [-0.1, -0.05) is 38.0 Å². The maximum atomic E-state index is 5.24. The molecule has 18 heavy (non-hydrogen) atoms. The number of aromatic amines is 1. The van der Waals surface area contributed by atoms with Crippen LogP contribution in [-0.4, -0.2) is 23.0 Å². The molecule has 2 rings (SSSR count). The van der Waals surface area contributed by atoms with Gasteiger partial charge in [0.1, 0.15) is 4.64 Å². The number of aryl methyl sites for hydroxylation is 1. The van der Waals surface area contributed by atoms with Crippen molar-refractivity contribution >= 4 is 12.2 Å². The van der Waals surface area contributed by atoms with Crippen LogP contribution in [0.25, 0.3) is 0 Å². The fraction of sp³-hybridized carbons (Fsp3) is 0.667. The number of pyridine rings is 1. The molecule has 0 saturated carbocycles. The van der Waals surface area contributed by atoms with Crippen LogP contribution in [-0.2, 0) is 0 Å². The minimum atomic E-state index is 0.593. The second-order valence-corrected chi connectivity index (χ2v) is 5.75. The second-order valence-electron chi connectivity index (χ2n) is 5.35. The van der Waals surface area contributed by atoms with Gasteiger partial charge in [0.15, 0.2) is 0 Å². The van der Waals surface area contributed by atoms with E-state index in [1.54, 1.807) is 0 Å². The van der Waals surface area contributed by atoms with Gasteiger partial charge in [-0.15, -0.1) is 0 Å². The predicted molar refractivity (Wildman–Crippen MR) is 79.4 cm³/mol. The van der Waals surface area contributed by atoms with Crippen LogP contribution in [0, 0.1) is 11.6 Å². The number of aromatic nitrogens is 1. The zero-order valence-corrected chi connectivity index (χ0v) is 12.4. The van der Waals surface area contributed by atoms with Gasteiger partial charge in [0, 0.05) is 12.2 Å². The number of hydrogen-bond acceptors (Lipinski definition) is 2. The van der Waals surface area contributed by atoms with Gasteiger partial charge in [0.05, 0.1) is 0 Å². The molecule has 0 bridgehead atoms. The summed E-state index contributed by atoms with van der Waals surface area (Å²) >= 11 is 5.24. The summed E-state index contributed by atoms with van der Waals surface area (Å²) in [5.41, 5.74) is 2.61. The summed E-state index contributed by atoms with van der Waals surface area (Å²) in [6, 6.07) is 2.86. The third-order valence-electron chi connectivity index (χ3n) is 3.91. The topological polar surface area (TPSA) is 19.0 Å². The van der Waals surface area contributed by atoms with Gasteiger partial charge in [-0.3, -0.25) is 4.90 Å². The lowest BCUT2D eigenvalue weighted by molar-refractivity contribution is 0.146. The molecule has 1 unspecified atom stereocenters. The van der Waals surface area contributed by atoms with Gasteiger partial charge >= 0.3 is 0 Å². The van der Waals surface area contributed by atoms with Crippen molar-refractivity contribution in [2.45, 2.75) is 52.0 Å². The molecule has 1 aliphatic rings. The average molecular weight is 264 g/mol. The quantitative estimate of drug-likeness (QED) is 0.814. The Balaban J connectivity index is 2.16. The van der Waals surface area contributed by atoms with Crippen molar-refractivity contribution in [1.82, 2.24) is 9.88 Å². The van der Waals surface area contributed by atoms with Crippen molar-refractivity contribution in [2.75, 3.05) is 13.1 Å². The lowest BCUT2D eigenvalue weighted by Gasteiger charge is -2.36. The molecule has 2 heterocycles. The zero-order valence-electron chi connectivity index (χ0n) is 11.5. The standard InChI is InChI=1S/C15H24N2S/c1-3-4-8-17-9-6-5-7-14(17)13-10-12(2)15(18)16-11-13/h10-11,14H,3-9H2,1-2H3,(H,16,18). The highest BCUT2D eigenvalue weighted by atomic mass is 32.1. The average Bonchev–Trinajstić information content (AvgIpc) is 2.40. The van der Waals surface area contributed by atoms with Gasteiger partial charge < -0.3 is 4.98 Å². The lowest BCUT2D eigenvalue weighted by Crippen LogP contribution is -2.34. The summed E-state index contributed by atoms with van der Waals surface area (Å²) in [5, 5.41) is 0. The summed E-state index contributed by atoms with van der Waals surface area (Å²) in [4.78, 5) is 5.88. The molecule has 0 amide bonds. The third-order valence-corrected chi connectivity index (χ3v) is 4.35. The Morgan fingerprint density at radius 1 is 1.44 bits per heavy atom. The van der Waals surface area contributed by atoms with Crippen molar-refractivity contribution in [3.05, 3.63) is 28.0 Å². The summed E-state index contributed by atoms with van der Waals surface area (Å²) in [7, 11) is 0. The van der Waals surface area contributed by atoms with Gasteiger partial charge in [0.2, 0.25) is 0 Å². The zero-order chi connectivity index (χ0) is 13.0. The molecule has 1 N–H and O–H groups in total. The van der Waals surface area contributed by atoms with Crippen molar-refractivity contribution < 1.29 is 0 Å². The molecule has 0 aliphatic carbocycles. The smallest absolute Gasteiger partial charge is 0.106 e. The molecule has 1 atom stereocenters. The Bertz CT molecular complexity index is 438. The minimum absolute atomic E-state index is 0.593. The van der Waals surface area contributed by atoms with E-state index < -0.39 is 0 Å². The van der Waals surface area contributed by atoms with Crippen molar-refractivity contribution in [3.8, 4) is 0 Å². The van der Waals surface area contributed by atoms with Crippen LogP contribution in [0.4, 0.5) is 0 Å². The van der Waals surface area contributed by atoms with E-state index in [9.17, 15) is 0 Å². The molecule has 1 saturated heterocycles. The molecular formula is C15H24N2S. The van der Waals surface area contributed by atoms with Crippen LogP contribution < -0.4 is 0 Å². The SMILES string of the molecule is CCCCN1CCCCC1c1c[nH]c(=S)c(C)c1. The molecule has 1 fully saturated rings. The molecule has 1 aromatic heterocycles. The fourth-order valence-corrected chi connectivity index (χ4v) is 2.93. The molecule has 0 radical (unpaired) electrons. The van der Waals surface area contributed by atoms with Gasteiger partial charge in [-0.25, -0.2) is 0 Å². The summed E-state index contributed by atoms with van der Waals surface area (Å²) in [6.45, 7) is 6.85. The Labute approximate surface area is 115 Å². The highest BCUT2D eigenvalue weighted by molar-refractivity contribution is 7.71. The molecule has 0 aromatic carbocycles. The highest BCUT2D eigenvalue weighted by Gasteiger charge is 2.23. The first-order chi connectivity index (χ1) is 8.72. The lowest BCUT2D eigenvalue weighted by atomic mass is 9.95. The number of nitrogens with one attached hydrogen (secondary N) is 1. The molecule has 3 heteroatoms. The second kappa shape index (κ2) is 6.48. The van der Waals surface area contributed by atoms with E-state index in [1.165, 1.54) is 56.3 Å². The highest BCUT2D eigenvalue weighted by Crippen LogP contribution is 2.31. The molecule has 2 nitrogen and oxygen atoms in total. The van der Waals surface area contributed by atoms with Crippen LogP contribution in [0.2, 0.25) is 0 Å². The van der Waals surface area contributed by atoms with E-state index >= 15 is 0 Å². The number of piperidine rings is 1. The largest absolute Gasteiger partial charge is 0.352 e. The Morgan fingerprint density at radius 3 is 3.00 bits per heavy atom. The van der Waals surface area contributed by atoms with E-state index in [0.717, 1.165) is 4.64 Å². The molecule has 100 valence electrons. The number of unbranched alkanes of at least 4 members (excludes halogenated alkanes) is 1. The summed E-state index contributed by atoms with van der Waals surface area (Å²) in [5.74, 6) is 0. The summed E-state index contributed by atoms with van der Waals surface area (Å²) < 4.78 is 0.870. The monoisotopic (exact) mass is 264 g/mol. The van der Waals surface area contributed by atoms with Crippen LogP contribution in [0.1, 0.15) is 56.2 Å². The number of rotatable bonds is 4. The molecule has 1 aliphatic heterocycles. The van der Waals surface area contributed by atoms with E-state index in [0.29, 0.717) is 6.04 Å². The first-order valence-corrected chi connectivity index (χ1v) is 7.56. The maximum absolute atomic E-state index is 5.24. The Morgan fingerprint density at radius 2 is 2.28 bits per heavy atom. The predicted octanol–water partition coefficient (Wildman–Crippen LogP) is 4.38. The van der Waals surface area contributed by atoms with Crippen molar-refractivity contribution in [1.29, 1.82) is 0 Å². The maximum Gasteiger partial charge on any atom is 0.106 e. The van der Waals surface area contributed by atoms with Gasteiger partial charge in [-0.05, 0) is 50.4 Å². The number of H-pyrrole nitrogens is 1. The number of hydrogen-bond donors (Lipinski definition) is 1. The van der Waals surface area contributed by atoms with Crippen LogP contribution >= 0.6 is 12.2 Å². The van der Waals surface area contributed by atoms with Crippen LogP contribution in [0.5, 0.6) is 0 Å². The van der Waals surface area contributed by atoms with Crippen molar-refractivity contribution in [3.63, 3.8) is 0 Å². The van der Waals surface area contributed by atoms with E-state index in [2.05, 4.69) is 36.0 Å². The Hall–Kier alpha value is -0.670. The van der Waals surface area contributed by atoms with Crippen molar-refractivity contribution in [2.24, 2.45) is 0 Å². The summed E-state index contributed by atoms with van der Waals surface area (Å²) in [6.07, 6.45) is 8.68. The molecular weight excluding hydrogens is 240 g/mol. The number of likely N-dealkylation sites (tertiary alicyclic amines) is 1. The third kappa shape index (κ3) is 3.21. The first-order valence-electron chi connectivity index (χ1n) is 7.15. The van der Waals surface area contributed by atoms with Gasteiger partial charge in [0.25, 0.3) is 0 Å². The van der Waals surface area contributed by atoms with E-state index in [1.807, 2.05) is 0 Å². The molecule has 0 spiro atoms. The first kappa shape index (κ1) is 13.8. The Kier molecular flexibility index (Phi) is 4.95. The number of nitrogens with zero attached hydrogens (tertiary/aromatic N) is 1. The fourth-order valence-electron chi connectivity index (χ4n) is 2.81. The normalized spacial score (nSPS) is 21.1. The van der Waals surface area contributed by atoms with Crippen LogP contribution in [0.15, 0.2) is 12.3 Å². The van der Waals surface area contributed by atoms with Gasteiger partial charge in [-0.2, -0.15) is 0 Å². The molecule has 1 aromatic rings. The van der Waals surface area contributed by atoms with Crippen LogP contribution in [0.3, 0.4) is 0 Å². The van der Waals surface area contributed by atoms with E-state index in [4.69, 9.17) is 12.2 Å². The minimum Gasteiger partial charge on any atom is -0.352 e. The van der Waals surface area contributed by atoms with E-state index in [-0.39, 0.29) is 0 Å².